The highest BCUT2D eigenvalue weighted by molar-refractivity contribution is 6.42. The predicted octanol–water partition coefficient (Wildman–Crippen LogP) is 5.66. The number of alkyl halides is 3. The summed E-state index contributed by atoms with van der Waals surface area (Å²) in [5.41, 5.74) is -0.467. The van der Waals surface area contributed by atoms with Crippen LogP contribution in [0.3, 0.4) is 0 Å². The monoisotopic (exact) mass is 348 g/mol. The molecule has 0 aliphatic carbocycles. The smallest absolute Gasteiger partial charge is 0.308 e. The topological polar surface area (TPSA) is 41.1 Å². The van der Waals surface area contributed by atoms with Gasteiger partial charge in [0.2, 0.25) is 0 Å². The molecule has 0 unspecified atom stereocenters. The van der Waals surface area contributed by atoms with Crippen LogP contribution in [0.2, 0.25) is 10.0 Å². The highest BCUT2D eigenvalue weighted by atomic mass is 35.5. The molecule has 2 aromatic carbocycles. The quantitative estimate of drug-likeness (QED) is 0.722. The summed E-state index contributed by atoms with van der Waals surface area (Å²) >= 11 is 11.5. The second kappa shape index (κ2) is 6.46. The first-order valence-corrected chi connectivity index (χ1v) is 6.71. The van der Waals surface area contributed by atoms with E-state index in [2.05, 4.69) is 10.6 Å². The number of halogens is 5. The Hall–Kier alpha value is -1.92. The molecule has 0 fully saturated rings. The molecule has 0 saturated carbocycles. The van der Waals surface area contributed by atoms with Gasteiger partial charge in [0.15, 0.2) is 0 Å². The average Bonchev–Trinajstić information content (AvgIpc) is 2.42. The summed E-state index contributed by atoms with van der Waals surface area (Å²) in [6.07, 6.45) is -4.47. The van der Waals surface area contributed by atoms with Gasteiger partial charge in [-0.25, -0.2) is 4.79 Å². The van der Waals surface area contributed by atoms with Gasteiger partial charge >= 0.3 is 12.2 Å². The van der Waals surface area contributed by atoms with Gasteiger partial charge < -0.3 is 10.6 Å². The zero-order valence-electron chi connectivity index (χ0n) is 10.8. The molecule has 3 nitrogen and oxygen atoms in total. The van der Waals surface area contributed by atoms with Crippen molar-refractivity contribution in [2.75, 3.05) is 10.6 Å². The molecule has 0 aliphatic rings. The number of nitrogens with one attached hydrogen (secondary N) is 2. The molecule has 0 aliphatic heterocycles. The Bertz CT molecular complexity index is 705. The van der Waals surface area contributed by atoms with Gasteiger partial charge in [-0.2, -0.15) is 13.2 Å². The molecule has 0 spiro atoms. The van der Waals surface area contributed by atoms with Crippen molar-refractivity contribution in [3.05, 3.63) is 58.1 Å². The van der Waals surface area contributed by atoms with Crippen LogP contribution in [0.1, 0.15) is 5.56 Å². The maximum Gasteiger partial charge on any atom is 0.416 e. The number of hydrogen-bond acceptors (Lipinski definition) is 1. The summed E-state index contributed by atoms with van der Waals surface area (Å²) in [4.78, 5) is 11.8. The minimum Gasteiger partial charge on any atom is -0.308 e. The zero-order chi connectivity index (χ0) is 16.3. The second-order valence-corrected chi connectivity index (χ2v) is 5.10. The third-order valence-electron chi connectivity index (χ3n) is 2.63. The van der Waals surface area contributed by atoms with Crippen LogP contribution in [0, 0.1) is 0 Å². The molecule has 0 saturated heterocycles. The molecular formula is C14H9Cl2F3N2O. The summed E-state index contributed by atoms with van der Waals surface area (Å²) in [5, 5.41) is 5.33. The molecule has 0 atom stereocenters. The minimum absolute atomic E-state index is 0.0207. The van der Waals surface area contributed by atoms with Crippen molar-refractivity contribution < 1.29 is 18.0 Å². The maximum absolute atomic E-state index is 12.6. The van der Waals surface area contributed by atoms with Crippen LogP contribution in [0.25, 0.3) is 0 Å². The fourth-order valence-electron chi connectivity index (χ4n) is 1.64. The Balaban J connectivity index is 2.07. The Kier molecular flexibility index (Phi) is 4.83. The molecule has 2 amide bonds. The van der Waals surface area contributed by atoms with Crippen LogP contribution in [0.5, 0.6) is 0 Å². The normalized spacial score (nSPS) is 11.1. The van der Waals surface area contributed by atoms with Gasteiger partial charge in [-0.15, -0.1) is 0 Å². The van der Waals surface area contributed by atoms with E-state index in [0.717, 1.165) is 12.1 Å². The zero-order valence-corrected chi connectivity index (χ0v) is 12.4. The van der Waals surface area contributed by atoms with Gasteiger partial charge in [-0.05, 0) is 36.4 Å². The van der Waals surface area contributed by atoms with Gasteiger partial charge in [0, 0.05) is 11.4 Å². The highest BCUT2D eigenvalue weighted by Gasteiger charge is 2.30. The van der Waals surface area contributed by atoms with E-state index in [0.29, 0.717) is 10.7 Å². The third kappa shape index (κ3) is 4.29. The highest BCUT2D eigenvalue weighted by Crippen LogP contribution is 2.30. The maximum atomic E-state index is 12.6. The summed E-state index contributed by atoms with van der Waals surface area (Å²) in [6.45, 7) is 0. The molecule has 0 bridgehead atoms. The van der Waals surface area contributed by atoms with E-state index in [1.54, 1.807) is 0 Å². The number of carbonyl (C=O) groups excluding carboxylic acids is 1. The van der Waals surface area contributed by atoms with Crippen LogP contribution < -0.4 is 10.6 Å². The van der Waals surface area contributed by atoms with E-state index >= 15 is 0 Å². The van der Waals surface area contributed by atoms with Crippen LogP contribution >= 0.6 is 23.2 Å². The number of carbonyl (C=O) groups is 1. The van der Waals surface area contributed by atoms with E-state index in [1.165, 1.54) is 30.3 Å². The lowest BCUT2D eigenvalue weighted by Crippen LogP contribution is -2.19. The van der Waals surface area contributed by atoms with Crippen molar-refractivity contribution in [3.8, 4) is 0 Å². The van der Waals surface area contributed by atoms with Crippen LogP contribution in [-0.4, -0.2) is 6.03 Å². The number of hydrogen-bond donors (Lipinski definition) is 2. The summed E-state index contributed by atoms with van der Waals surface area (Å²) in [5.74, 6) is 0. The number of rotatable bonds is 2. The first-order chi connectivity index (χ1) is 10.3. The van der Waals surface area contributed by atoms with Crippen molar-refractivity contribution in [2.24, 2.45) is 0 Å². The van der Waals surface area contributed by atoms with E-state index in [1.807, 2.05) is 0 Å². The first kappa shape index (κ1) is 16.5. The molecule has 0 aromatic heterocycles. The summed E-state index contributed by atoms with van der Waals surface area (Å²) < 4.78 is 37.7. The minimum atomic E-state index is -4.47. The number of amides is 2. The average molecular weight is 349 g/mol. The van der Waals surface area contributed by atoms with Gasteiger partial charge in [0.05, 0.1) is 15.6 Å². The molecule has 0 heterocycles. The van der Waals surface area contributed by atoms with E-state index in [9.17, 15) is 18.0 Å². The third-order valence-corrected chi connectivity index (χ3v) is 3.36. The number of anilines is 2. The van der Waals surface area contributed by atoms with Crippen LogP contribution in [0.15, 0.2) is 42.5 Å². The molecule has 2 N–H and O–H groups in total. The number of benzene rings is 2. The summed E-state index contributed by atoms with van der Waals surface area (Å²) in [6, 6.07) is 8.05. The van der Waals surface area contributed by atoms with Crippen LogP contribution in [0.4, 0.5) is 29.3 Å². The fraction of sp³-hybridized carbons (Fsp3) is 0.0714. The van der Waals surface area contributed by atoms with Crippen molar-refractivity contribution in [2.45, 2.75) is 6.18 Å². The molecule has 2 aromatic rings. The van der Waals surface area contributed by atoms with E-state index < -0.39 is 17.8 Å². The van der Waals surface area contributed by atoms with Crippen molar-refractivity contribution in [1.29, 1.82) is 0 Å². The second-order valence-electron chi connectivity index (χ2n) is 4.29. The molecule has 8 heteroatoms. The lowest BCUT2D eigenvalue weighted by Gasteiger charge is -2.11. The standard InChI is InChI=1S/C14H9Cl2F3N2O/c15-11-5-4-10(7-12(11)16)21-13(22)20-9-3-1-2-8(6-9)14(17,18)19/h1-7H,(H2,20,21,22). The molecule has 116 valence electrons. The van der Waals surface area contributed by atoms with E-state index in [4.69, 9.17) is 23.2 Å². The Morgan fingerprint density at radius 3 is 2.14 bits per heavy atom. The summed E-state index contributed by atoms with van der Waals surface area (Å²) in [7, 11) is 0. The first-order valence-electron chi connectivity index (χ1n) is 5.96. The van der Waals surface area contributed by atoms with Crippen LogP contribution in [-0.2, 0) is 6.18 Å². The SMILES string of the molecule is O=C(Nc1cccc(C(F)(F)F)c1)Nc1ccc(Cl)c(Cl)c1. The van der Waals surface area contributed by atoms with Gasteiger partial charge in [0.1, 0.15) is 0 Å². The Morgan fingerprint density at radius 1 is 0.909 bits per heavy atom. The fourth-order valence-corrected chi connectivity index (χ4v) is 1.94. The van der Waals surface area contributed by atoms with E-state index in [-0.39, 0.29) is 10.7 Å². The van der Waals surface area contributed by atoms with Crippen molar-refractivity contribution in [1.82, 2.24) is 0 Å². The molecule has 2 rings (SSSR count). The molecule has 22 heavy (non-hydrogen) atoms. The predicted molar refractivity (Wildman–Crippen MR) is 80.5 cm³/mol. The lowest BCUT2D eigenvalue weighted by molar-refractivity contribution is -0.137. The van der Waals surface area contributed by atoms with Gasteiger partial charge in [-0.3, -0.25) is 0 Å². The number of urea groups is 1. The largest absolute Gasteiger partial charge is 0.416 e. The van der Waals surface area contributed by atoms with Crippen molar-refractivity contribution in [3.63, 3.8) is 0 Å². The van der Waals surface area contributed by atoms with Gasteiger partial charge in [0.25, 0.3) is 0 Å². The Labute approximate surface area is 134 Å². The van der Waals surface area contributed by atoms with Gasteiger partial charge in [-0.1, -0.05) is 29.3 Å². The Morgan fingerprint density at radius 2 is 1.55 bits per heavy atom. The lowest BCUT2D eigenvalue weighted by atomic mass is 10.2. The van der Waals surface area contributed by atoms with Crippen molar-refractivity contribution >= 4 is 40.6 Å². The molecule has 0 radical (unpaired) electrons. The molecular weight excluding hydrogens is 340 g/mol.